The molecule has 0 heterocycles. The molecule has 0 spiro atoms. The topological polar surface area (TPSA) is 36.9 Å². The lowest BCUT2D eigenvalue weighted by atomic mass is 9.78. The highest BCUT2D eigenvalue weighted by molar-refractivity contribution is 8.01. The number of rotatable bonds is 6. The predicted octanol–water partition coefficient (Wildman–Crippen LogP) is 23.4. The molecule has 0 aromatic heterocycles. The molecule has 74 heavy (non-hydrogen) atoms. The Kier molecular flexibility index (Phi) is 38.0. The Morgan fingerprint density at radius 1 is 0.284 bits per heavy atom. The quantitative estimate of drug-likeness (QED) is 0.265. The normalized spacial score (nSPS) is 13.6. The van der Waals surface area contributed by atoms with Crippen molar-refractivity contribution in [3.05, 3.63) is 35.4 Å². The van der Waals surface area contributed by atoms with Crippen LogP contribution in [0.25, 0.3) is 0 Å². The van der Waals surface area contributed by atoms with Crippen molar-refractivity contribution in [2.24, 2.45) is 27.1 Å². The molecule has 0 aliphatic rings. The van der Waals surface area contributed by atoms with Crippen LogP contribution in [0, 0.1) is 27.1 Å². The van der Waals surface area contributed by atoms with E-state index >= 15 is 0 Å². The fourth-order valence-electron chi connectivity index (χ4n) is 8.17. The van der Waals surface area contributed by atoms with Crippen LogP contribution < -0.4 is 0 Å². The first-order valence-corrected chi connectivity index (χ1v) is 29.7. The molecule has 0 aliphatic carbocycles. The molecule has 4 nitrogen and oxygen atoms in total. The molecule has 0 amide bonds. The fraction of sp³-hybridized carbons (Fsp3) is 0.913. The van der Waals surface area contributed by atoms with Crippen LogP contribution >= 0.6 is 11.8 Å². The lowest BCUT2D eigenvalue weighted by Crippen LogP contribution is -2.31. The van der Waals surface area contributed by atoms with Gasteiger partial charge in [-0.1, -0.05) is 211 Å². The Balaban J connectivity index is -0.000000184. The zero-order valence-corrected chi connectivity index (χ0v) is 60.1. The average molecular weight is 1070 g/mol. The summed E-state index contributed by atoms with van der Waals surface area (Å²) in [6, 6.07) is 9.00. The van der Waals surface area contributed by atoms with Crippen molar-refractivity contribution in [3.63, 3.8) is 0 Å². The number of hydrogen-bond acceptors (Lipinski definition) is 5. The molecule has 1 aromatic carbocycles. The molecule has 0 aliphatic heterocycles. The van der Waals surface area contributed by atoms with E-state index in [2.05, 4.69) is 274 Å². The van der Waals surface area contributed by atoms with E-state index in [0.29, 0.717) is 49.8 Å². The molecule has 0 unspecified atom stereocenters. The van der Waals surface area contributed by atoms with Gasteiger partial charge in [0, 0.05) is 16.1 Å². The van der Waals surface area contributed by atoms with Gasteiger partial charge in [-0.3, -0.25) is 0 Å². The van der Waals surface area contributed by atoms with E-state index in [-0.39, 0.29) is 38.8 Å². The summed E-state index contributed by atoms with van der Waals surface area (Å²) < 4.78 is 23.1. The van der Waals surface area contributed by atoms with Crippen LogP contribution in [0.4, 0.5) is 0 Å². The van der Waals surface area contributed by atoms with Crippen LogP contribution in [-0.2, 0) is 29.8 Å². The van der Waals surface area contributed by atoms with Crippen molar-refractivity contribution in [1.29, 1.82) is 0 Å². The van der Waals surface area contributed by atoms with Gasteiger partial charge in [0.2, 0.25) is 0 Å². The Hall–Kier alpha value is -0.590. The summed E-state index contributed by atoms with van der Waals surface area (Å²) >= 11 is 2.01. The Labute approximate surface area is 475 Å². The van der Waals surface area contributed by atoms with Crippen LogP contribution in [-0.4, -0.2) is 57.3 Å². The third-order valence-electron chi connectivity index (χ3n) is 8.72. The highest BCUT2D eigenvalue weighted by Crippen LogP contribution is 2.36. The Morgan fingerprint density at radius 3 is 0.608 bits per heavy atom. The van der Waals surface area contributed by atoms with Gasteiger partial charge in [0.25, 0.3) is 0 Å². The van der Waals surface area contributed by atoms with Gasteiger partial charge >= 0.3 is 0 Å². The van der Waals surface area contributed by atoms with Crippen molar-refractivity contribution in [1.82, 2.24) is 0 Å². The molecule has 5 heteroatoms. The monoisotopic (exact) mass is 1070 g/mol. The summed E-state index contributed by atoms with van der Waals surface area (Å²) in [4.78, 5) is 0. The summed E-state index contributed by atoms with van der Waals surface area (Å²) in [7, 11) is 0. The fourth-order valence-corrected chi connectivity index (χ4v) is 10.0. The highest BCUT2D eigenvalue weighted by atomic mass is 32.2. The predicted molar refractivity (Wildman–Crippen MR) is 344 cm³/mol. The van der Waals surface area contributed by atoms with E-state index in [4.69, 9.17) is 18.9 Å². The molecular formula is C69H144O4S. The molecule has 0 radical (unpaired) electrons. The molecular weight excluding hydrogens is 925 g/mol. The third kappa shape index (κ3) is 88.0. The van der Waals surface area contributed by atoms with E-state index in [1.54, 1.807) is 0 Å². The van der Waals surface area contributed by atoms with Gasteiger partial charge in [-0.25, -0.2) is 0 Å². The van der Waals surface area contributed by atoms with E-state index in [1.165, 1.54) is 36.8 Å². The van der Waals surface area contributed by atoms with Gasteiger partial charge in [-0.05, 0) is 179 Å². The van der Waals surface area contributed by atoms with Crippen LogP contribution in [0.2, 0.25) is 0 Å². The Morgan fingerprint density at radius 2 is 0.500 bits per heavy atom. The van der Waals surface area contributed by atoms with Gasteiger partial charge in [0.15, 0.2) is 0 Å². The smallest absolute Gasteiger partial charge is 0.0707 e. The van der Waals surface area contributed by atoms with Gasteiger partial charge in [-0.15, -0.1) is 0 Å². The van der Waals surface area contributed by atoms with Gasteiger partial charge < -0.3 is 18.9 Å². The van der Waals surface area contributed by atoms with Crippen molar-refractivity contribution >= 4 is 11.8 Å². The van der Waals surface area contributed by atoms with Crippen LogP contribution in [0.3, 0.4) is 0 Å². The molecule has 0 atom stereocenters. The zero-order chi connectivity index (χ0) is 61.5. The molecule has 0 bridgehead atoms. The first-order chi connectivity index (χ1) is 31.5. The van der Waals surface area contributed by atoms with E-state index in [1.807, 2.05) is 53.3 Å². The largest absolute Gasteiger partial charge is 0.376 e. The summed E-state index contributed by atoms with van der Waals surface area (Å²) in [5.74, 6) is 0. The first kappa shape index (κ1) is 84.7. The maximum absolute atomic E-state index is 5.62. The van der Waals surface area contributed by atoms with Gasteiger partial charge in [0.1, 0.15) is 0 Å². The summed E-state index contributed by atoms with van der Waals surface area (Å²) in [6.07, 6.45) is 4.99. The molecule has 1 rings (SSSR count). The maximum Gasteiger partial charge on any atom is 0.0707 e. The molecule has 0 fully saturated rings. The zero-order valence-electron chi connectivity index (χ0n) is 59.3. The number of hydrogen-bond donors (Lipinski definition) is 0. The SMILES string of the molecule is CC(C)(C)CC(C)(C)C.CC(C)(C)CC(C)(C)C.CC(C)(C)CCCOC(C)(C)C.CC(C)(C)OC(C)(C)C.CC(C)(C)OCCOC(C)(C)C.CC(C)(C)SC(C)(C)C.CC(C)(C)c1ccc(C(C)(C)C)cc1. The summed E-state index contributed by atoms with van der Waals surface area (Å²) in [6.45, 7) is 94.5. The minimum Gasteiger partial charge on any atom is -0.376 e. The van der Waals surface area contributed by atoms with Gasteiger partial charge in [0.05, 0.1) is 41.2 Å². The van der Waals surface area contributed by atoms with Crippen LogP contribution in [0.15, 0.2) is 24.3 Å². The summed E-state index contributed by atoms with van der Waals surface area (Å²) in [5, 5.41) is 0. The lowest BCUT2D eigenvalue weighted by molar-refractivity contribution is -0.102. The summed E-state index contributed by atoms with van der Waals surface area (Å²) in [5.41, 5.74) is 5.61. The lowest BCUT2D eigenvalue weighted by Gasteiger charge is -2.30. The van der Waals surface area contributed by atoms with Crippen molar-refractivity contribution in [2.45, 2.75) is 365 Å². The van der Waals surface area contributed by atoms with Crippen molar-refractivity contribution in [3.8, 4) is 0 Å². The second-order valence-electron chi connectivity index (χ2n) is 35.9. The minimum atomic E-state index is -0.0543. The van der Waals surface area contributed by atoms with Crippen molar-refractivity contribution < 1.29 is 18.9 Å². The van der Waals surface area contributed by atoms with E-state index < -0.39 is 0 Å². The average Bonchev–Trinajstić information content (AvgIpc) is 2.98. The molecule has 450 valence electrons. The molecule has 1 aromatic rings. The van der Waals surface area contributed by atoms with E-state index in [0.717, 1.165) is 6.61 Å². The third-order valence-corrected chi connectivity index (χ3v) is 9.95. The maximum atomic E-state index is 5.62. The minimum absolute atomic E-state index is 0.0156. The van der Waals surface area contributed by atoms with Crippen LogP contribution in [0.1, 0.15) is 328 Å². The molecule has 0 saturated heterocycles. The number of benzene rings is 1. The molecule has 0 saturated carbocycles. The first-order valence-electron chi connectivity index (χ1n) is 28.9. The second kappa shape index (κ2) is 33.2. The van der Waals surface area contributed by atoms with Crippen molar-refractivity contribution in [2.75, 3.05) is 19.8 Å². The highest BCUT2D eigenvalue weighted by Gasteiger charge is 2.23. The van der Waals surface area contributed by atoms with Gasteiger partial charge in [-0.2, -0.15) is 11.8 Å². The standard InChI is InChI=1S/C14H22.C11H24O.C10H22O2.2C9H20.C8H18O.C8H18S/c1-13(2,3)11-7-9-12(10-8-11)14(4,5)6;1-10(2,3)8-7-9-12-11(4,5)6;1-9(2,3)11-7-8-12-10(4,5)6;2*1-8(2,3)7-9(4,5)6;2*1-7(2,3)9-8(4,5)6/h7-10H,1-6H3;7-9H2,1-6H3;7-8H2,1-6H3;2*7H2,1-6H3;2*1-6H3. The Bertz CT molecular complexity index is 1230. The van der Waals surface area contributed by atoms with E-state index in [9.17, 15) is 0 Å². The molecule has 0 N–H and O–H groups in total. The number of ether oxygens (including phenoxy) is 4. The van der Waals surface area contributed by atoms with Crippen LogP contribution in [0.5, 0.6) is 0 Å². The number of thioether (sulfide) groups is 1. The second-order valence-corrected chi connectivity index (χ2v) is 38.5.